The van der Waals surface area contributed by atoms with Crippen LogP contribution in [0.2, 0.25) is 0 Å². The Kier molecular flexibility index (Phi) is 4.35. The van der Waals surface area contributed by atoms with Gasteiger partial charge in [0.15, 0.2) is 6.61 Å². The number of halogens is 1. The molecule has 0 aliphatic heterocycles. The first-order valence-corrected chi connectivity index (χ1v) is 7.40. The molecule has 0 saturated carbocycles. The van der Waals surface area contributed by atoms with E-state index in [9.17, 15) is 0 Å². The molecule has 0 N–H and O–H groups in total. The molecule has 0 amide bonds. The summed E-state index contributed by atoms with van der Waals surface area (Å²) in [6.07, 6.45) is 1.73. The molecule has 4 heteroatoms. The summed E-state index contributed by atoms with van der Waals surface area (Å²) in [5, 5.41) is 2.36. The molecule has 0 saturated heterocycles. The van der Waals surface area contributed by atoms with Crippen molar-refractivity contribution in [3.63, 3.8) is 0 Å². The molecular formula is C18H16ClN2O+. The topological polar surface area (TPSA) is 25.1 Å². The molecule has 3 rings (SSSR count). The first kappa shape index (κ1) is 14.5. The standard InChI is InChI=1S/C18H16ClN2O/c1-14(18-11-4-5-12-20-18)21(19)22-13-16-9-6-8-15-7-2-3-10-17(15)16/h2-12H,13H2,1H3/q+1. The van der Waals surface area contributed by atoms with Crippen LogP contribution in [0.15, 0.2) is 66.9 Å². The fourth-order valence-corrected chi connectivity index (χ4v) is 2.44. The van der Waals surface area contributed by atoms with Crippen molar-refractivity contribution in [2.24, 2.45) is 0 Å². The smallest absolute Gasteiger partial charge is 0.250 e. The number of hydrogen-bond donors (Lipinski definition) is 0. The highest BCUT2D eigenvalue weighted by Crippen LogP contribution is 2.19. The summed E-state index contributed by atoms with van der Waals surface area (Å²) in [5.41, 5.74) is 2.63. The average Bonchev–Trinajstić information content (AvgIpc) is 2.59. The van der Waals surface area contributed by atoms with Gasteiger partial charge in [0, 0.05) is 18.7 Å². The lowest BCUT2D eigenvalue weighted by Crippen LogP contribution is -2.13. The zero-order valence-corrected chi connectivity index (χ0v) is 13.0. The lowest BCUT2D eigenvalue weighted by Gasteiger charge is -2.04. The van der Waals surface area contributed by atoms with E-state index in [2.05, 4.69) is 23.2 Å². The van der Waals surface area contributed by atoms with Crippen molar-refractivity contribution >= 4 is 28.3 Å². The van der Waals surface area contributed by atoms with E-state index in [1.165, 1.54) is 15.0 Å². The Morgan fingerprint density at radius 1 is 1.05 bits per heavy atom. The highest BCUT2D eigenvalue weighted by Gasteiger charge is 2.15. The van der Waals surface area contributed by atoms with E-state index in [1.807, 2.05) is 49.4 Å². The first-order valence-electron chi connectivity index (χ1n) is 7.06. The van der Waals surface area contributed by atoms with Crippen molar-refractivity contribution in [2.75, 3.05) is 0 Å². The molecule has 0 fully saturated rings. The Morgan fingerprint density at radius 2 is 1.82 bits per heavy atom. The van der Waals surface area contributed by atoms with Gasteiger partial charge in [-0.05, 0) is 22.9 Å². The van der Waals surface area contributed by atoms with Crippen LogP contribution in [0.25, 0.3) is 10.8 Å². The second-order valence-electron chi connectivity index (χ2n) is 4.96. The molecule has 3 aromatic rings. The minimum atomic E-state index is 0.398. The molecule has 0 spiro atoms. The van der Waals surface area contributed by atoms with E-state index >= 15 is 0 Å². The molecule has 110 valence electrons. The zero-order valence-electron chi connectivity index (χ0n) is 12.2. The fourth-order valence-electron chi connectivity index (χ4n) is 2.31. The van der Waals surface area contributed by atoms with E-state index in [0.29, 0.717) is 6.61 Å². The van der Waals surface area contributed by atoms with Crippen LogP contribution in [0.4, 0.5) is 0 Å². The number of nitrogens with zero attached hydrogens (tertiary/aromatic N) is 2. The maximum Gasteiger partial charge on any atom is 0.319 e. The summed E-state index contributed by atoms with van der Waals surface area (Å²) in [6.45, 7) is 2.27. The summed E-state index contributed by atoms with van der Waals surface area (Å²) >= 11 is 6.20. The minimum absolute atomic E-state index is 0.398. The van der Waals surface area contributed by atoms with Gasteiger partial charge in [-0.3, -0.25) is 9.82 Å². The van der Waals surface area contributed by atoms with E-state index < -0.39 is 0 Å². The van der Waals surface area contributed by atoms with Gasteiger partial charge < -0.3 is 0 Å². The maximum atomic E-state index is 6.20. The monoisotopic (exact) mass is 311 g/mol. The minimum Gasteiger partial charge on any atom is -0.250 e. The summed E-state index contributed by atoms with van der Waals surface area (Å²) in [5.74, 6) is 0. The van der Waals surface area contributed by atoms with Crippen LogP contribution in [0.3, 0.4) is 0 Å². The normalized spacial score (nSPS) is 12.1. The average molecular weight is 312 g/mol. The summed E-state index contributed by atoms with van der Waals surface area (Å²) < 4.78 is 1.25. The third kappa shape index (κ3) is 3.10. The lowest BCUT2D eigenvalue weighted by atomic mass is 10.1. The molecule has 22 heavy (non-hydrogen) atoms. The molecule has 0 aliphatic carbocycles. The molecule has 1 aromatic heterocycles. The zero-order chi connectivity index (χ0) is 15.4. The Balaban J connectivity index is 1.82. The van der Waals surface area contributed by atoms with Crippen molar-refractivity contribution < 1.29 is 9.10 Å². The molecule has 3 nitrogen and oxygen atoms in total. The molecule has 0 aliphatic rings. The van der Waals surface area contributed by atoms with Crippen molar-refractivity contribution in [1.29, 1.82) is 0 Å². The van der Waals surface area contributed by atoms with Gasteiger partial charge in [0.05, 0.1) is 4.26 Å². The second-order valence-corrected chi connectivity index (χ2v) is 5.26. The quantitative estimate of drug-likeness (QED) is 0.407. The molecule has 2 aromatic carbocycles. The Labute approximate surface area is 134 Å². The molecule has 0 unspecified atom stereocenters. The van der Waals surface area contributed by atoms with Gasteiger partial charge in [-0.25, -0.2) is 0 Å². The predicted molar refractivity (Wildman–Crippen MR) is 88.9 cm³/mol. The molecule has 0 radical (unpaired) electrons. The van der Waals surface area contributed by atoms with Crippen LogP contribution in [0.5, 0.6) is 0 Å². The van der Waals surface area contributed by atoms with Crippen molar-refractivity contribution in [1.82, 2.24) is 4.98 Å². The Hall–Kier alpha value is -2.39. The van der Waals surface area contributed by atoms with Gasteiger partial charge in [-0.15, -0.1) is 0 Å². The van der Waals surface area contributed by atoms with Crippen molar-refractivity contribution in [3.8, 4) is 0 Å². The molecule has 0 bridgehead atoms. The fraction of sp³-hybridized carbons (Fsp3) is 0.111. The Bertz CT molecular complexity index is 810. The third-order valence-corrected chi connectivity index (χ3v) is 3.86. The second kappa shape index (κ2) is 6.58. The van der Waals surface area contributed by atoms with Gasteiger partial charge in [0.25, 0.3) is 5.71 Å². The maximum absolute atomic E-state index is 6.20. The van der Waals surface area contributed by atoms with Crippen LogP contribution < -0.4 is 0 Å². The van der Waals surface area contributed by atoms with Gasteiger partial charge in [-0.2, -0.15) is 0 Å². The van der Waals surface area contributed by atoms with Crippen LogP contribution in [-0.4, -0.2) is 15.0 Å². The lowest BCUT2D eigenvalue weighted by molar-refractivity contribution is -0.688. The number of pyridine rings is 1. The van der Waals surface area contributed by atoms with Gasteiger partial charge in [0.2, 0.25) is 0 Å². The van der Waals surface area contributed by atoms with Gasteiger partial charge in [-0.1, -0.05) is 48.5 Å². The van der Waals surface area contributed by atoms with Crippen LogP contribution in [0, 0.1) is 0 Å². The highest BCUT2D eigenvalue weighted by atomic mass is 35.5. The van der Waals surface area contributed by atoms with E-state index in [1.54, 1.807) is 6.20 Å². The van der Waals surface area contributed by atoms with E-state index in [4.69, 9.17) is 16.6 Å². The van der Waals surface area contributed by atoms with Crippen LogP contribution >= 0.6 is 11.8 Å². The van der Waals surface area contributed by atoms with E-state index in [-0.39, 0.29) is 0 Å². The molecule has 0 atom stereocenters. The highest BCUT2D eigenvalue weighted by molar-refractivity contribution is 6.10. The molecular weight excluding hydrogens is 296 g/mol. The SMILES string of the molecule is CC(c1ccccn1)=[N+](Cl)OCc1cccc2ccccc12. The van der Waals surface area contributed by atoms with Crippen molar-refractivity contribution in [3.05, 3.63) is 78.1 Å². The number of hydrogen-bond acceptors (Lipinski definition) is 2. The third-order valence-electron chi connectivity index (χ3n) is 3.51. The Morgan fingerprint density at radius 3 is 2.64 bits per heavy atom. The molecule has 1 heterocycles. The van der Waals surface area contributed by atoms with Crippen LogP contribution in [0.1, 0.15) is 18.2 Å². The van der Waals surface area contributed by atoms with E-state index in [0.717, 1.165) is 17.0 Å². The van der Waals surface area contributed by atoms with Gasteiger partial charge >= 0.3 is 11.8 Å². The number of benzene rings is 2. The summed E-state index contributed by atoms with van der Waals surface area (Å²) in [7, 11) is 0. The number of rotatable bonds is 4. The van der Waals surface area contributed by atoms with Gasteiger partial charge in [0.1, 0.15) is 5.69 Å². The van der Waals surface area contributed by atoms with Crippen LogP contribution in [-0.2, 0) is 11.4 Å². The first-order chi connectivity index (χ1) is 10.8. The van der Waals surface area contributed by atoms with Crippen molar-refractivity contribution in [2.45, 2.75) is 13.5 Å². The predicted octanol–water partition coefficient (Wildman–Crippen LogP) is 4.34. The largest absolute Gasteiger partial charge is 0.319 e. The summed E-state index contributed by atoms with van der Waals surface area (Å²) in [4.78, 5) is 9.94. The number of fused-ring (bicyclic) bond motifs is 1. The number of aromatic nitrogens is 1. The summed E-state index contributed by atoms with van der Waals surface area (Å²) in [6, 6.07) is 20.1.